The zero-order chi connectivity index (χ0) is 11.2. The van der Waals surface area contributed by atoms with Crippen molar-refractivity contribution in [2.75, 3.05) is 40.8 Å². The molecule has 0 amide bonds. The Bertz CT molecular complexity index is 227. The lowest BCUT2D eigenvalue weighted by molar-refractivity contribution is 0.169. The van der Waals surface area contributed by atoms with Crippen LogP contribution in [-0.2, 0) is 27.2 Å². The second-order valence-electron chi connectivity index (χ2n) is 2.57. The van der Waals surface area contributed by atoms with Gasteiger partial charge >= 0.3 is 15.2 Å². The molecule has 0 aliphatic heterocycles. The molecule has 0 aliphatic carbocycles. The van der Waals surface area contributed by atoms with E-state index in [4.69, 9.17) is 9.05 Å². The minimum Gasteiger partial charge on any atom is -0.312 e. The van der Waals surface area contributed by atoms with Gasteiger partial charge in [0.05, 0.1) is 13.2 Å². The normalized spacial score (nSPS) is 20.0. The Morgan fingerprint density at radius 1 is 0.857 bits per heavy atom. The van der Waals surface area contributed by atoms with Gasteiger partial charge in [-0.3, -0.25) is 9.13 Å². The SMILES string of the molecule is CO[P@](C)(=O)OCCO[P@](C)(=O)OC. The van der Waals surface area contributed by atoms with Crippen molar-refractivity contribution in [2.45, 2.75) is 0 Å². The van der Waals surface area contributed by atoms with Gasteiger partial charge in [0.25, 0.3) is 0 Å². The summed E-state index contributed by atoms with van der Waals surface area (Å²) in [7, 11) is -3.36. The molecule has 0 saturated carbocycles. The first kappa shape index (κ1) is 14.3. The fraction of sp³-hybridized carbons (Fsp3) is 1.00. The van der Waals surface area contributed by atoms with Crippen molar-refractivity contribution in [2.24, 2.45) is 0 Å². The second-order valence-corrected chi connectivity index (χ2v) is 6.91. The fourth-order valence-corrected chi connectivity index (χ4v) is 1.53. The summed E-state index contributed by atoms with van der Waals surface area (Å²) in [6.45, 7) is 2.77. The molecule has 6 nitrogen and oxygen atoms in total. The van der Waals surface area contributed by atoms with E-state index in [9.17, 15) is 9.13 Å². The number of hydrogen-bond acceptors (Lipinski definition) is 6. The van der Waals surface area contributed by atoms with Crippen molar-refractivity contribution < 1.29 is 27.2 Å². The van der Waals surface area contributed by atoms with Crippen LogP contribution in [0.4, 0.5) is 0 Å². The molecule has 86 valence electrons. The first-order valence-corrected chi connectivity index (χ1v) is 7.86. The third-order valence-electron chi connectivity index (χ3n) is 1.40. The lowest BCUT2D eigenvalue weighted by atomic mass is 10.8. The Hall–Kier alpha value is 0.300. The van der Waals surface area contributed by atoms with Gasteiger partial charge < -0.3 is 18.1 Å². The van der Waals surface area contributed by atoms with E-state index in [-0.39, 0.29) is 13.2 Å². The van der Waals surface area contributed by atoms with Crippen LogP contribution in [0.3, 0.4) is 0 Å². The quantitative estimate of drug-likeness (QED) is 0.505. The van der Waals surface area contributed by atoms with Crippen LogP contribution in [0.2, 0.25) is 0 Å². The molecule has 0 heterocycles. The van der Waals surface area contributed by atoms with Gasteiger partial charge in [-0.25, -0.2) is 0 Å². The maximum absolute atomic E-state index is 11.2. The van der Waals surface area contributed by atoms with E-state index in [1.165, 1.54) is 27.5 Å². The zero-order valence-electron chi connectivity index (χ0n) is 8.76. The Balaban J connectivity index is 3.68. The zero-order valence-corrected chi connectivity index (χ0v) is 10.5. The number of rotatable bonds is 7. The molecule has 0 aliphatic rings. The third kappa shape index (κ3) is 6.71. The van der Waals surface area contributed by atoms with Crippen molar-refractivity contribution in [1.82, 2.24) is 0 Å². The summed E-state index contributed by atoms with van der Waals surface area (Å²) in [4.78, 5) is 0. The molecule has 0 N–H and O–H groups in total. The molecule has 0 saturated heterocycles. The lowest BCUT2D eigenvalue weighted by Gasteiger charge is -2.13. The molecule has 0 aromatic carbocycles. The Morgan fingerprint density at radius 3 is 1.36 bits per heavy atom. The van der Waals surface area contributed by atoms with Gasteiger partial charge in [0.15, 0.2) is 0 Å². The maximum Gasteiger partial charge on any atom is 0.327 e. The van der Waals surface area contributed by atoms with E-state index in [0.717, 1.165) is 0 Å². The van der Waals surface area contributed by atoms with Crippen molar-refractivity contribution in [3.8, 4) is 0 Å². The lowest BCUT2D eigenvalue weighted by Crippen LogP contribution is -2.02. The highest BCUT2D eigenvalue weighted by Gasteiger charge is 2.17. The molecule has 8 heteroatoms. The molecule has 0 unspecified atom stereocenters. The summed E-state index contributed by atoms with van der Waals surface area (Å²) in [5.74, 6) is 0. The molecule has 0 bridgehead atoms. The highest BCUT2D eigenvalue weighted by atomic mass is 31.2. The van der Waals surface area contributed by atoms with E-state index in [1.807, 2.05) is 0 Å². The van der Waals surface area contributed by atoms with Gasteiger partial charge in [0, 0.05) is 27.5 Å². The van der Waals surface area contributed by atoms with Crippen LogP contribution in [-0.4, -0.2) is 40.8 Å². The van der Waals surface area contributed by atoms with Crippen molar-refractivity contribution in [3.63, 3.8) is 0 Å². The molecule has 0 aromatic heterocycles. The molecule has 0 aromatic rings. The highest BCUT2D eigenvalue weighted by Crippen LogP contribution is 2.44. The average Bonchev–Trinajstić information content (AvgIpc) is 2.13. The molecule has 2 atom stereocenters. The summed E-state index contributed by atoms with van der Waals surface area (Å²) in [5, 5.41) is 0. The van der Waals surface area contributed by atoms with Crippen LogP contribution in [0.1, 0.15) is 0 Å². The van der Waals surface area contributed by atoms with Crippen LogP contribution in [0.5, 0.6) is 0 Å². The van der Waals surface area contributed by atoms with Gasteiger partial charge in [-0.2, -0.15) is 0 Å². The predicted molar refractivity (Wildman–Crippen MR) is 53.0 cm³/mol. The van der Waals surface area contributed by atoms with Gasteiger partial charge in [-0.15, -0.1) is 0 Å². The van der Waals surface area contributed by atoms with Crippen LogP contribution < -0.4 is 0 Å². The van der Waals surface area contributed by atoms with Crippen LogP contribution >= 0.6 is 15.2 Å². The van der Waals surface area contributed by atoms with Gasteiger partial charge in [0.1, 0.15) is 0 Å². The van der Waals surface area contributed by atoms with E-state index < -0.39 is 15.2 Å². The van der Waals surface area contributed by atoms with Crippen LogP contribution in [0.15, 0.2) is 0 Å². The molecule has 0 rings (SSSR count). The van der Waals surface area contributed by atoms with Gasteiger partial charge in [-0.1, -0.05) is 0 Å². The first-order chi connectivity index (χ1) is 6.33. The van der Waals surface area contributed by atoms with Gasteiger partial charge in [0.2, 0.25) is 0 Å². The highest BCUT2D eigenvalue weighted by molar-refractivity contribution is 7.53. The van der Waals surface area contributed by atoms with Crippen molar-refractivity contribution in [1.29, 1.82) is 0 Å². The average molecular weight is 246 g/mol. The second kappa shape index (κ2) is 6.01. The number of hydrogen-bond donors (Lipinski definition) is 0. The monoisotopic (exact) mass is 246 g/mol. The van der Waals surface area contributed by atoms with Gasteiger partial charge in [-0.05, 0) is 0 Å². The van der Waals surface area contributed by atoms with E-state index in [2.05, 4.69) is 9.05 Å². The molecule has 0 fully saturated rings. The summed E-state index contributed by atoms with van der Waals surface area (Å²) >= 11 is 0. The fourth-order valence-electron chi connectivity index (χ4n) is 0.512. The van der Waals surface area contributed by atoms with E-state index in [0.29, 0.717) is 0 Å². The summed E-state index contributed by atoms with van der Waals surface area (Å²) < 4.78 is 41.2. The Kier molecular flexibility index (Phi) is 6.14. The molecule has 14 heavy (non-hydrogen) atoms. The van der Waals surface area contributed by atoms with Crippen LogP contribution in [0.25, 0.3) is 0 Å². The standard InChI is InChI=1S/C6H16O6P2/c1-9-13(3,7)11-5-6-12-14(4,8)10-2/h5-6H2,1-4H3/t13-,14+. The first-order valence-electron chi connectivity index (χ1n) is 3.88. The Labute approximate surface area is 83.9 Å². The third-order valence-corrected chi connectivity index (χ3v) is 4.03. The summed E-state index contributed by atoms with van der Waals surface area (Å²) in [6.07, 6.45) is 0. The largest absolute Gasteiger partial charge is 0.327 e. The van der Waals surface area contributed by atoms with E-state index >= 15 is 0 Å². The molecule has 0 spiro atoms. The smallest absolute Gasteiger partial charge is 0.312 e. The minimum absolute atomic E-state index is 0.0445. The summed E-state index contributed by atoms with van der Waals surface area (Å²) in [6, 6.07) is 0. The van der Waals surface area contributed by atoms with Crippen molar-refractivity contribution in [3.05, 3.63) is 0 Å². The summed E-state index contributed by atoms with van der Waals surface area (Å²) in [5.41, 5.74) is 0. The molecule has 0 radical (unpaired) electrons. The topological polar surface area (TPSA) is 71.1 Å². The predicted octanol–water partition coefficient (Wildman–Crippen LogP) is 1.96. The minimum atomic E-state index is -2.97. The van der Waals surface area contributed by atoms with E-state index in [1.54, 1.807) is 0 Å². The maximum atomic E-state index is 11.2. The molecular formula is C6H16O6P2. The van der Waals surface area contributed by atoms with Crippen LogP contribution in [0, 0.1) is 0 Å². The van der Waals surface area contributed by atoms with Crippen molar-refractivity contribution >= 4 is 15.2 Å². The molecular weight excluding hydrogens is 230 g/mol. The Morgan fingerprint density at radius 2 is 1.14 bits per heavy atom.